The minimum atomic E-state index is 0.237. The third kappa shape index (κ3) is 4.74. The molecule has 1 fully saturated rings. The zero-order valence-electron chi connectivity index (χ0n) is 13.4. The van der Waals surface area contributed by atoms with Gasteiger partial charge in [-0.1, -0.05) is 26.0 Å². The number of nitrogens with one attached hydrogen (secondary N) is 1. The lowest BCUT2D eigenvalue weighted by Gasteiger charge is -2.23. The lowest BCUT2D eigenvalue weighted by atomic mass is 10.2. The van der Waals surface area contributed by atoms with E-state index in [1.54, 1.807) is 0 Å². The van der Waals surface area contributed by atoms with Gasteiger partial charge in [-0.25, -0.2) is 0 Å². The quantitative estimate of drug-likeness (QED) is 0.872. The average Bonchev–Trinajstić information content (AvgIpc) is 3.00. The Morgan fingerprint density at radius 1 is 1.24 bits per heavy atom. The van der Waals surface area contributed by atoms with E-state index in [1.807, 2.05) is 16.8 Å². The highest BCUT2D eigenvalue weighted by atomic mass is 16.2. The molecule has 0 bridgehead atoms. The van der Waals surface area contributed by atoms with E-state index in [0.717, 1.165) is 38.2 Å². The second-order valence-corrected chi connectivity index (χ2v) is 6.15. The molecule has 1 N–H and O–H groups in total. The molecule has 116 valence electrons. The van der Waals surface area contributed by atoms with E-state index in [-0.39, 0.29) is 5.91 Å². The van der Waals surface area contributed by atoms with Gasteiger partial charge in [0.15, 0.2) is 0 Å². The number of likely N-dealkylation sites (tertiary alicyclic amines) is 1. The zero-order valence-corrected chi connectivity index (χ0v) is 13.4. The number of carbonyl (C=O) groups is 1. The van der Waals surface area contributed by atoms with Crippen LogP contribution in [0.15, 0.2) is 24.3 Å². The third-order valence-electron chi connectivity index (χ3n) is 3.92. The summed E-state index contributed by atoms with van der Waals surface area (Å²) < 4.78 is 0. The molecule has 1 aromatic carbocycles. The van der Waals surface area contributed by atoms with Crippen molar-refractivity contribution in [2.45, 2.75) is 39.3 Å². The molecule has 1 aliphatic rings. The smallest absolute Gasteiger partial charge is 0.242 e. The number of nitrogens with zero attached hydrogens (tertiary/aromatic N) is 2. The Hall–Kier alpha value is -1.55. The largest absolute Gasteiger partial charge is 0.365 e. The van der Waals surface area contributed by atoms with E-state index in [2.05, 4.69) is 43.4 Å². The summed E-state index contributed by atoms with van der Waals surface area (Å²) in [6, 6.07) is 8.93. The number of benzene rings is 1. The molecule has 1 saturated heterocycles. The fourth-order valence-corrected chi connectivity index (χ4v) is 2.55. The van der Waals surface area contributed by atoms with Crippen molar-refractivity contribution in [3.8, 4) is 0 Å². The second kappa shape index (κ2) is 7.46. The number of hydrogen-bond donors (Lipinski definition) is 1. The first-order valence-corrected chi connectivity index (χ1v) is 7.87. The van der Waals surface area contributed by atoms with Gasteiger partial charge in [-0.05, 0) is 30.5 Å². The molecule has 1 heterocycles. The zero-order chi connectivity index (χ0) is 15.2. The first-order valence-electron chi connectivity index (χ1n) is 7.87. The van der Waals surface area contributed by atoms with Crippen LogP contribution < -0.4 is 10.2 Å². The summed E-state index contributed by atoms with van der Waals surface area (Å²) in [7, 11) is 1.98. The normalized spacial score (nSPS) is 14.8. The minimum Gasteiger partial charge on any atom is -0.365 e. The molecule has 4 nitrogen and oxygen atoms in total. The van der Waals surface area contributed by atoms with Crippen LogP contribution in [0.25, 0.3) is 0 Å². The van der Waals surface area contributed by atoms with Crippen molar-refractivity contribution in [1.29, 1.82) is 0 Å². The molecular weight excluding hydrogens is 262 g/mol. The van der Waals surface area contributed by atoms with Crippen LogP contribution in [0, 0.1) is 0 Å². The lowest BCUT2D eigenvalue weighted by Crippen LogP contribution is -2.37. The van der Waals surface area contributed by atoms with Gasteiger partial charge in [0.2, 0.25) is 5.91 Å². The molecule has 4 heteroatoms. The fourth-order valence-electron chi connectivity index (χ4n) is 2.55. The molecule has 2 rings (SSSR count). The summed E-state index contributed by atoms with van der Waals surface area (Å²) in [5, 5.41) is 3.41. The van der Waals surface area contributed by atoms with Gasteiger partial charge in [-0.2, -0.15) is 0 Å². The molecule has 1 aliphatic heterocycles. The van der Waals surface area contributed by atoms with Gasteiger partial charge in [0.1, 0.15) is 0 Å². The molecule has 0 spiro atoms. The molecular formula is C17H27N3O. The molecule has 0 aromatic heterocycles. The van der Waals surface area contributed by atoms with Crippen LogP contribution >= 0.6 is 0 Å². The fraction of sp³-hybridized carbons (Fsp3) is 0.588. The van der Waals surface area contributed by atoms with Crippen molar-refractivity contribution in [3.05, 3.63) is 29.8 Å². The van der Waals surface area contributed by atoms with E-state index in [4.69, 9.17) is 0 Å². The maximum Gasteiger partial charge on any atom is 0.242 e. The van der Waals surface area contributed by atoms with Crippen LogP contribution in [0.2, 0.25) is 0 Å². The van der Waals surface area contributed by atoms with Gasteiger partial charge in [-0.3, -0.25) is 4.79 Å². The Morgan fingerprint density at radius 3 is 2.43 bits per heavy atom. The number of carbonyl (C=O) groups excluding carboxylic acids is 1. The van der Waals surface area contributed by atoms with E-state index in [0.29, 0.717) is 12.6 Å². The maximum absolute atomic E-state index is 12.1. The topological polar surface area (TPSA) is 35.6 Å². The molecule has 0 aliphatic carbocycles. The molecule has 0 saturated carbocycles. The lowest BCUT2D eigenvalue weighted by molar-refractivity contribution is -0.128. The van der Waals surface area contributed by atoms with Crippen LogP contribution in [0.4, 0.5) is 5.69 Å². The van der Waals surface area contributed by atoms with Crippen molar-refractivity contribution in [1.82, 2.24) is 10.2 Å². The molecule has 0 atom stereocenters. The van der Waals surface area contributed by atoms with Gasteiger partial charge < -0.3 is 15.1 Å². The van der Waals surface area contributed by atoms with Gasteiger partial charge >= 0.3 is 0 Å². The summed E-state index contributed by atoms with van der Waals surface area (Å²) in [6.07, 6.45) is 2.29. The second-order valence-electron chi connectivity index (χ2n) is 6.15. The number of hydrogen-bond acceptors (Lipinski definition) is 3. The number of likely N-dealkylation sites (N-methyl/N-ethyl adjacent to an activating group) is 1. The Kier molecular flexibility index (Phi) is 5.62. The van der Waals surface area contributed by atoms with Crippen LogP contribution in [-0.2, 0) is 11.3 Å². The standard InChI is InChI=1S/C17H27N3O/c1-14(2)18-12-15-6-8-16(9-7-15)19(3)13-17(21)20-10-4-5-11-20/h6-9,14,18H,4-5,10-13H2,1-3H3. The first-order chi connectivity index (χ1) is 10.1. The Balaban J connectivity index is 1.87. The monoisotopic (exact) mass is 289 g/mol. The minimum absolute atomic E-state index is 0.237. The van der Waals surface area contributed by atoms with Crippen molar-refractivity contribution >= 4 is 11.6 Å². The Morgan fingerprint density at radius 2 is 1.86 bits per heavy atom. The van der Waals surface area contributed by atoms with E-state index in [1.165, 1.54) is 5.56 Å². The first kappa shape index (κ1) is 15.8. The third-order valence-corrected chi connectivity index (χ3v) is 3.92. The highest BCUT2D eigenvalue weighted by Crippen LogP contribution is 2.15. The van der Waals surface area contributed by atoms with Crippen molar-refractivity contribution in [2.75, 3.05) is 31.6 Å². The molecule has 1 amide bonds. The highest BCUT2D eigenvalue weighted by molar-refractivity contribution is 5.81. The summed E-state index contributed by atoms with van der Waals surface area (Å²) in [6.45, 7) is 7.48. The van der Waals surface area contributed by atoms with Gasteiger partial charge in [0.25, 0.3) is 0 Å². The summed E-state index contributed by atoms with van der Waals surface area (Å²) in [5.74, 6) is 0.237. The van der Waals surface area contributed by atoms with Crippen molar-refractivity contribution < 1.29 is 4.79 Å². The average molecular weight is 289 g/mol. The van der Waals surface area contributed by atoms with E-state index < -0.39 is 0 Å². The predicted molar refractivity (Wildman–Crippen MR) is 87.5 cm³/mol. The number of anilines is 1. The maximum atomic E-state index is 12.1. The van der Waals surface area contributed by atoms with Gasteiger partial charge in [-0.15, -0.1) is 0 Å². The summed E-state index contributed by atoms with van der Waals surface area (Å²) >= 11 is 0. The molecule has 0 unspecified atom stereocenters. The van der Waals surface area contributed by atoms with E-state index in [9.17, 15) is 4.79 Å². The Bertz CT molecular complexity index is 450. The van der Waals surface area contributed by atoms with Crippen LogP contribution in [0.5, 0.6) is 0 Å². The SMILES string of the molecule is CC(C)NCc1ccc(N(C)CC(=O)N2CCCC2)cc1. The molecule has 21 heavy (non-hydrogen) atoms. The Labute approximate surface area is 128 Å². The van der Waals surface area contributed by atoms with Crippen LogP contribution in [0.1, 0.15) is 32.3 Å². The number of amides is 1. The molecule has 1 aromatic rings. The number of rotatable bonds is 6. The van der Waals surface area contributed by atoms with E-state index >= 15 is 0 Å². The highest BCUT2D eigenvalue weighted by Gasteiger charge is 2.19. The van der Waals surface area contributed by atoms with Gasteiger partial charge in [0.05, 0.1) is 6.54 Å². The van der Waals surface area contributed by atoms with Crippen molar-refractivity contribution in [2.24, 2.45) is 0 Å². The van der Waals surface area contributed by atoms with Crippen LogP contribution in [0.3, 0.4) is 0 Å². The summed E-state index contributed by atoms with van der Waals surface area (Å²) in [4.78, 5) is 16.1. The molecule has 0 radical (unpaired) electrons. The van der Waals surface area contributed by atoms with Crippen LogP contribution in [-0.4, -0.2) is 43.5 Å². The predicted octanol–water partition coefficient (Wildman–Crippen LogP) is 2.24. The van der Waals surface area contributed by atoms with Gasteiger partial charge in [0, 0.05) is 38.4 Å². The summed E-state index contributed by atoms with van der Waals surface area (Å²) in [5.41, 5.74) is 2.36. The van der Waals surface area contributed by atoms with Crippen molar-refractivity contribution in [3.63, 3.8) is 0 Å².